The molecule has 0 radical (unpaired) electrons. The zero-order valence-corrected chi connectivity index (χ0v) is 12.2. The number of hydrogen-bond acceptors (Lipinski definition) is 3. The fraction of sp³-hybridized carbons (Fsp3) is 0.235. The Morgan fingerprint density at radius 3 is 2.43 bits per heavy atom. The van der Waals surface area contributed by atoms with Gasteiger partial charge in [-0.25, -0.2) is 4.79 Å². The van der Waals surface area contributed by atoms with Crippen molar-refractivity contribution < 1.29 is 14.6 Å². The number of benzene rings is 2. The van der Waals surface area contributed by atoms with Crippen LogP contribution in [0.3, 0.4) is 0 Å². The van der Waals surface area contributed by atoms with Gasteiger partial charge in [0.05, 0.1) is 5.56 Å². The molecule has 0 amide bonds. The quantitative estimate of drug-likeness (QED) is 0.798. The summed E-state index contributed by atoms with van der Waals surface area (Å²) >= 11 is 0. The Hall–Kier alpha value is -2.49. The largest absolute Gasteiger partial charge is 0.492 e. The first-order valence-electron chi connectivity index (χ1n) is 6.83. The standard InChI is InChI=1S/C17H19NO3/c1-12-3-6-14(7-4-12)21-10-9-18-16-8-5-13(2)11-15(16)17(19)20/h3-8,11,18H,9-10H2,1-2H3,(H,19,20). The van der Waals surface area contributed by atoms with Crippen LogP contribution in [0.5, 0.6) is 5.75 Å². The summed E-state index contributed by atoms with van der Waals surface area (Å²) in [6, 6.07) is 13.1. The number of carboxylic acids is 1. The number of carboxylic acid groups (broad SMARTS) is 1. The van der Waals surface area contributed by atoms with Crippen LogP contribution in [0.1, 0.15) is 21.5 Å². The van der Waals surface area contributed by atoms with Crippen molar-refractivity contribution in [2.75, 3.05) is 18.5 Å². The van der Waals surface area contributed by atoms with E-state index in [4.69, 9.17) is 4.74 Å². The highest BCUT2D eigenvalue weighted by molar-refractivity contribution is 5.94. The number of rotatable bonds is 6. The van der Waals surface area contributed by atoms with Crippen LogP contribution in [0.25, 0.3) is 0 Å². The fourth-order valence-corrected chi connectivity index (χ4v) is 1.98. The van der Waals surface area contributed by atoms with Crippen molar-refractivity contribution in [1.29, 1.82) is 0 Å². The maximum Gasteiger partial charge on any atom is 0.337 e. The lowest BCUT2D eigenvalue weighted by Gasteiger charge is -2.11. The predicted molar refractivity (Wildman–Crippen MR) is 83.3 cm³/mol. The minimum absolute atomic E-state index is 0.283. The summed E-state index contributed by atoms with van der Waals surface area (Å²) in [4.78, 5) is 11.2. The van der Waals surface area contributed by atoms with Gasteiger partial charge >= 0.3 is 5.97 Å². The lowest BCUT2D eigenvalue weighted by atomic mass is 10.1. The van der Waals surface area contributed by atoms with Gasteiger partial charge in [0.15, 0.2) is 0 Å². The van der Waals surface area contributed by atoms with Gasteiger partial charge in [-0.3, -0.25) is 0 Å². The molecule has 0 unspecified atom stereocenters. The molecule has 0 spiro atoms. The average molecular weight is 285 g/mol. The summed E-state index contributed by atoms with van der Waals surface area (Å²) in [5.74, 6) is -0.120. The smallest absolute Gasteiger partial charge is 0.337 e. The van der Waals surface area contributed by atoms with Crippen molar-refractivity contribution in [2.24, 2.45) is 0 Å². The van der Waals surface area contributed by atoms with Gasteiger partial charge in [-0.05, 0) is 38.1 Å². The van der Waals surface area contributed by atoms with Gasteiger partial charge in [-0.1, -0.05) is 29.3 Å². The first-order valence-corrected chi connectivity index (χ1v) is 6.83. The van der Waals surface area contributed by atoms with Crippen LogP contribution in [-0.4, -0.2) is 24.2 Å². The molecule has 2 aromatic rings. The molecule has 0 fully saturated rings. The molecule has 0 aliphatic carbocycles. The molecular weight excluding hydrogens is 266 g/mol. The Kier molecular flexibility index (Phi) is 4.82. The molecule has 2 aromatic carbocycles. The third kappa shape index (κ3) is 4.24. The van der Waals surface area contributed by atoms with E-state index in [-0.39, 0.29) is 5.56 Å². The molecule has 21 heavy (non-hydrogen) atoms. The molecule has 4 nitrogen and oxygen atoms in total. The molecule has 0 saturated carbocycles. The van der Waals surface area contributed by atoms with Gasteiger partial charge in [0.25, 0.3) is 0 Å². The second kappa shape index (κ2) is 6.79. The molecule has 2 rings (SSSR count). The van der Waals surface area contributed by atoms with Crippen molar-refractivity contribution in [2.45, 2.75) is 13.8 Å². The van der Waals surface area contributed by atoms with Gasteiger partial charge in [0, 0.05) is 12.2 Å². The SMILES string of the molecule is Cc1ccc(OCCNc2ccc(C)cc2C(=O)O)cc1. The van der Waals surface area contributed by atoms with Crippen LogP contribution in [-0.2, 0) is 0 Å². The number of ether oxygens (including phenoxy) is 1. The Bertz CT molecular complexity index is 620. The van der Waals surface area contributed by atoms with Crippen LogP contribution in [0.2, 0.25) is 0 Å². The zero-order chi connectivity index (χ0) is 15.2. The maximum atomic E-state index is 11.2. The Morgan fingerprint density at radius 1 is 1.10 bits per heavy atom. The van der Waals surface area contributed by atoms with Crippen molar-refractivity contribution in [3.8, 4) is 5.75 Å². The number of carbonyl (C=O) groups is 1. The lowest BCUT2D eigenvalue weighted by Crippen LogP contribution is -2.14. The molecule has 110 valence electrons. The van der Waals surface area contributed by atoms with E-state index in [1.54, 1.807) is 12.1 Å². The monoisotopic (exact) mass is 285 g/mol. The summed E-state index contributed by atoms with van der Waals surface area (Å²) in [5, 5.41) is 12.3. The number of hydrogen-bond donors (Lipinski definition) is 2. The van der Waals surface area contributed by atoms with Gasteiger partial charge in [0.2, 0.25) is 0 Å². The fourth-order valence-electron chi connectivity index (χ4n) is 1.98. The Labute approximate surface area is 124 Å². The van der Waals surface area contributed by atoms with Crippen molar-refractivity contribution in [3.05, 3.63) is 59.2 Å². The summed E-state index contributed by atoms with van der Waals surface area (Å²) in [7, 11) is 0. The minimum atomic E-state index is -0.930. The third-order valence-electron chi connectivity index (χ3n) is 3.11. The highest BCUT2D eigenvalue weighted by Gasteiger charge is 2.09. The molecule has 0 aliphatic rings. The number of aryl methyl sites for hydroxylation is 2. The van der Waals surface area contributed by atoms with Crippen LogP contribution in [0, 0.1) is 13.8 Å². The van der Waals surface area contributed by atoms with E-state index >= 15 is 0 Å². The molecule has 0 saturated heterocycles. The van der Waals surface area contributed by atoms with Crippen LogP contribution < -0.4 is 10.1 Å². The molecule has 4 heteroatoms. The van der Waals surface area contributed by atoms with E-state index in [2.05, 4.69) is 5.32 Å². The molecule has 0 bridgehead atoms. The van der Waals surface area contributed by atoms with E-state index in [0.717, 1.165) is 11.3 Å². The normalized spacial score (nSPS) is 10.2. The van der Waals surface area contributed by atoms with Crippen molar-refractivity contribution in [1.82, 2.24) is 0 Å². The Morgan fingerprint density at radius 2 is 1.76 bits per heavy atom. The van der Waals surface area contributed by atoms with Crippen LogP contribution in [0.15, 0.2) is 42.5 Å². The highest BCUT2D eigenvalue weighted by atomic mass is 16.5. The lowest BCUT2D eigenvalue weighted by molar-refractivity contribution is 0.0698. The van der Waals surface area contributed by atoms with Gasteiger partial charge in [-0.2, -0.15) is 0 Å². The zero-order valence-electron chi connectivity index (χ0n) is 12.2. The van der Waals surface area contributed by atoms with Crippen LogP contribution in [0.4, 0.5) is 5.69 Å². The molecule has 0 atom stereocenters. The third-order valence-corrected chi connectivity index (χ3v) is 3.11. The number of anilines is 1. The average Bonchev–Trinajstić information content (AvgIpc) is 2.46. The maximum absolute atomic E-state index is 11.2. The molecule has 2 N–H and O–H groups in total. The predicted octanol–water partition coefficient (Wildman–Crippen LogP) is 3.49. The summed E-state index contributed by atoms with van der Waals surface area (Å²) in [6.45, 7) is 4.90. The minimum Gasteiger partial charge on any atom is -0.492 e. The molecule has 0 aliphatic heterocycles. The van der Waals surface area contributed by atoms with Gasteiger partial charge < -0.3 is 15.2 Å². The van der Waals surface area contributed by atoms with Crippen molar-refractivity contribution >= 4 is 11.7 Å². The Balaban J connectivity index is 1.89. The summed E-state index contributed by atoms with van der Waals surface area (Å²) < 4.78 is 5.60. The van der Waals surface area contributed by atoms with E-state index in [1.165, 1.54) is 5.56 Å². The van der Waals surface area contributed by atoms with E-state index in [0.29, 0.717) is 18.8 Å². The van der Waals surface area contributed by atoms with Crippen LogP contribution >= 0.6 is 0 Å². The molecule has 0 heterocycles. The molecular formula is C17H19NO3. The van der Waals surface area contributed by atoms with E-state index in [1.807, 2.05) is 44.2 Å². The summed E-state index contributed by atoms with van der Waals surface area (Å²) in [5.41, 5.74) is 3.01. The van der Waals surface area contributed by atoms with E-state index < -0.39 is 5.97 Å². The topological polar surface area (TPSA) is 58.6 Å². The first kappa shape index (κ1) is 14.9. The highest BCUT2D eigenvalue weighted by Crippen LogP contribution is 2.17. The number of aromatic carboxylic acids is 1. The van der Waals surface area contributed by atoms with Crippen molar-refractivity contribution in [3.63, 3.8) is 0 Å². The van der Waals surface area contributed by atoms with E-state index in [9.17, 15) is 9.90 Å². The molecule has 0 aromatic heterocycles. The summed E-state index contributed by atoms with van der Waals surface area (Å²) in [6.07, 6.45) is 0. The second-order valence-corrected chi connectivity index (χ2v) is 4.94. The van der Waals surface area contributed by atoms with Gasteiger partial charge in [-0.15, -0.1) is 0 Å². The first-order chi connectivity index (χ1) is 10.1. The second-order valence-electron chi connectivity index (χ2n) is 4.94. The number of nitrogens with one attached hydrogen (secondary N) is 1. The van der Waals surface area contributed by atoms with Gasteiger partial charge in [0.1, 0.15) is 12.4 Å².